The van der Waals surface area contributed by atoms with Gasteiger partial charge in [0.05, 0.1) is 11.4 Å². The Morgan fingerprint density at radius 3 is 2.80 bits per heavy atom. The van der Waals surface area contributed by atoms with Gasteiger partial charge in [0.15, 0.2) is 0 Å². The van der Waals surface area contributed by atoms with Gasteiger partial charge in [0.1, 0.15) is 0 Å². The van der Waals surface area contributed by atoms with Gasteiger partial charge in [0, 0.05) is 23.9 Å². The fourth-order valence-electron chi connectivity index (χ4n) is 4.79. The predicted octanol–water partition coefficient (Wildman–Crippen LogP) is 2.69. The molecular formula is C20H26N2O2S. The summed E-state index contributed by atoms with van der Waals surface area (Å²) in [6.45, 7) is 2.09. The lowest BCUT2D eigenvalue weighted by atomic mass is 9.63. The van der Waals surface area contributed by atoms with Crippen molar-refractivity contribution in [2.75, 3.05) is 0 Å². The number of amides is 1. The normalized spacial score (nSPS) is 38.0. The number of nitrogens with two attached hydrogens (primary N) is 1. The summed E-state index contributed by atoms with van der Waals surface area (Å²) >= 11 is 1.61. The molecule has 0 radical (unpaired) electrons. The fourth-order valence-corrected chi connectivity index (χ4v) is 5.88. The molecule has 7 atom stereocenters. The molecule has 0 spiro atoms. The average molecular weight is 359 g/mol. The van der Waals surface area contributed by atoms with E-state index in [1.165, 1.54) is 0 Å². The van der Waals surface area contributed by atoms with Crippen molar-refractivity contribution >= 4 is 17.7 Å². The van der Waals surface area contributed by atoms with Crippen LogP contribution < -0.4 is 11.1 Å². The lowest BCUT2D eigenvalue weighted by Gasteiger charge is -2.48. The number of carbonyl (C=O) groups excluding carboxylic acids is 1. The zero-order chi connectivity index (χ0) is 17.6. The van der Waals surface area contributed by atoms with E-state index in [-0.39, 0.29) is 47.1 Å². The molecule has 1 aromatic rings. The molecule has 4 nitrogen and oxygen atoms in total. The highest BCUT2D eigenvalue weighted by atomic mass is 32.2. The monoisotopic (exact) mass is 358 g/mol. The highest BCUT2D eigenvalue weighted by Gasteiger charge is 2.51. The minimum atomic E-state index is -0.360. The zero-order valence-corrected chi connectivity index (χ0v) is 15.3. The second kappa shape index (κ2) is 6.78. The van der Waals surface area contributed by atoms with Gasteiger partial charge >= 0.3 is 0 Å². The lowest BCUT2D eigenvalue weighted by molar-refractivity contribution is -0.126. The molecule has 134 valence electrons. The second-order valence-corrected chi connectivity index (χ2v) is 8.56. The fraction of sp³-hybridized carbons (Fsp3) is 0.550. The Bertz CT molecular complexity index is 675. The van der Waals surface area contributed by atoms with E-state index in [4.69, 9.17) is 5.73 Å². The van der Waals surface area contributed by atoms with Crippen LogP contribution in [0, 0.1) is 11.8 Å². The number of hydrogen-bond acceptors (Lipinski definition) is 4. The summed E-state index contributed by atoms with van der Waals surface area (Å²) in [6.07, 6.45) is 4.32. The van der Waals surface area contributed by atoms with Gasteiger partial charge in [-0.25, -0.2) is 0 Å². The number of hydrogen-bond donors (Lipinski definition) is 3. The zero-order valence-electron chi connectivity index (χ0n) is 14.5. The summed E-state index contributed by atoms with van der Waals surface area (Å²) in [4.78, 5) is 12.4. The van der Waals surface area contributed by atoms with Gasteiger partial charge in [-0.05, 0) is 41.7 Å². The van der Waals surface area contributed by atoms with E-state index in [1.54, 1.807) is 11.8 Å². The first-order valence-electron chi connectivity index (χ1n) is 9.26. The van der Waals surface area contributed by atoms with Crippen molar-refractivity contribution in [2.45, 2.75) is 55.5 Å². The summed E-state index contributed by atoms with van der Waals surface area (Å²) in [5.74, 6) is 0.674. The number of piperidine rings is 1. The van der Waals surface area contributed by atoms with E-state index in [0.29, 0.717) is 0 Å². The van der Waals surface area contributed by atoms with Gasteiger partial charge < -0.3 is 16.2 Å². The van der Waals surface area contributed by atoms with Gasteiger partial charge in [0.25, 0.3) is 0 Å². The SMILES string of the molecule is CC[C@@H](N)c1ccc(C2C(O)CCC3NC(=O)C4SC=CC4C32)cc1. The minimum absolute atomic E-state index is 0.0400. The summed E-state index contributed by atoms with van der Waals surface area (Å²) in [5.41, 5.74) is 8.43. The van der Waals surface area contributed by atoms with E-state index in [9.17, 15) is 9.90 Å². The van der Waals surface area contributed by atoms with Crippen molar-refractivity contribution in [2.24, 2.45) is 17.6 Å². The van der Waals surface area contributed by atoms with Crippen molar-refractivity contribution in [1.82, 2.24) is 5.32 Å². The van der Waals surface area contributed by atoms with Gasteiger partial charge in [-0.3, -0.25) is 4.79 Å². The van der Waals surface area contributed by atoms with Gasteiger partial charge in [-0.15, -0.1) is 11.8 Å². The number of thioether (sulfide) groups is 1. The quantitative estimate of drug-likeness (QED) is 0.777. The molecule has 4 rings (SSSR count). The minimum Gasteiger partial charge on any atom is -0.392 e. The molecule has 0 aromatic heterocycles. The first kappa shape index (κ1) is 17.1. The van der Waals surface area contributed by atoms with Crippen LogP contribution in [0.4, 0.5) is 0 Å². The number of carbonyl (C=O) groups is 1. The molecule has 5 heteroatoms. The third kappa shape index (κ3) is 2.92. The molecule has 1 aliphatic carbocycles. The summed E-state index contributed by atoms with van der Waals surface area (Å²) < 4.78 is 0. The van der Waals surface area contributed by atoms with Crippen LogP contribution in [0.15, 0.2) is 35.7 Å². The maximum Gasteiger partial charge on any atom is 0.234 e. The van der Waals surface area contributed by atoms with E-state index in [0.717, 1.165) is 30.4 Å². The number of nitrogens with one attached hydrogen (secondary N) is 1. The Hall–Kier alpha value is -1.30. The molecule has 2 heterocycles. The Kier molecular flexibility index (Phi) is 4.65. The van der Waals surface area contributed by atoms with E-state index < -0.39 is 0 Å². The van der Waals surface area contributed by atoms with Crippen LogP contribution in [0.5, 0.6) is 0 Å². The third-order valence-electron chi connectivity index (χ3n) is 6.16. The van der Waals surface area contributed by atoms with Crippen LogP contribution in [0.3, 0.4) is 0 Å². The molecule has 3 aliphatic rings. The van der Waals surface area contributed by atoms with E-state index in [2.05, 4.69) is 48.0 Å². The van der Waals surface area contributed by atoms with Crippen LogP contribution in [0.2, 0.25) is 0 Å². The summed E-state index contributed by atoms with van der Waals surface area (Å²) in [7, 11) is 0. The van der Waals surface area contributed by atoms with Crippen molar-refractivity contribution in [3.8, 4) is 0 Å². The van der Waals surface area contributed by atoms with Crippen LogP contribution in [0.25, 0.3) is 0 Å². The Balaban J connectivity index is 1.66. The van der Waals surface area contributed by atoms with Gasteiger partial charge in [-0.2, -0.15) is 0 Å². The van der Waals surface area contributed by atoms with Crippen LogP contribution in [-0.4, -0.2) is 28.4 Å². The average Bonchev–Trinajstić information content (AvgIpc) is 3.12. The largest absolute Gasteiger partial charge is 0.392 e. The topological polar surface area (TPSA) is 75.3 Å². The molecular weight excluding hydrogens is 332 g/mol. The third-order valence-corrected chi connectivity index (χ3v) is 7.30. The van der Waals surface area contributed by atoms with Crippen LogP contribution >= 0.6 is 11.8 Å². The summed E-state index contributed by atoms with van der Waals surface area (Å²) in [6, 6.07) is 8.65. The van der Waals surface area contributed by atoms with Crippen molar-refractivity contribution in [3.05, 3.63) is 46.9 Å². The Morgan fingerprint density at radius 2 is 2.08 bits per heavy atom. The number of allylic oxidation sites excluding steroid dienone is 1. The van der Waals surface area contributed by atoms with Crippen LogP contribution in [0.1, 0.15) is 49.3 Å². The van der Waals surface area contributed by atoms with Crippen LogP contribution in [-0.2, 0) is 4.79 Å². The van der Waals surface area contributed by atoms with E-state index >= 15 is 0 Å². The smallest absolute Gasteiger partial charge is 0.234 e. The van der Waals surface area contributed by atoms with Crippen molar-refractivity contribution < 1.29 is 9.90 Å². The molecule has 6 unspecified atom stereocenters. The first-order chi connectivity index (χ1) is 12.1. The molecule has 1 amide bonds. The van der Waals surface area contributed by atoms with Crippen molar-refractivity contribution in [1.29, 1.82) is 0 Å². The maximum atomic E-state index is 12.4. The predicted molar refractivity (Wildman–Crippen MR) is 101 cm³/mol. The van der Waals surface area contributed by atoms with Crippen molar-refractivity contribution in [3.63, 3.8) is 0 Å². The number of rotatable bonds is 3. The molecule has 1 saturated carbocycles. The molecule has 2 aliphatic heterocycles. The molecule has 4 N–H and O–H groups in total. The number of aliphatic hydroxyl groups is 1. The molecule has 1 aromatic carbocycles. The lowest BCUT2D eigenvalue weighted by Crippen LogP contribution is -2.59. The second-order valence-electron chi connectivity index (χ2n) is 7.51. The molecule has 0 bridgehead atoms. The maximum absolute atomic E-state index is 12.4. The molecule has 1 saturated heterocycles. The molecule has 2 fully saturated rings. The number of benzene rings is 1. The number of fused-ring (bicyclic) bond motifs is 3. The number of aliphatic hydroxyl groups excluding tert-OH is 1. The van der Waals surface area contributed by atoms with E-state index in [1.807, 2.05) is 0 Å². The van der Waals surface area contributed by atoms with Gasteiger partial charge in [0.2, 0.25) is 5.91 Å². The Labute approximate surface area is 153 Å². The standard InChI is InChI=1S/C20H26N2O2S/c1-2-14(21)11-3-5-12(6-4-11)17-16(23)8-7-15-18(17)13-9-10-25-19(13)20(24)22-15/h3-6,9-10,13-19,23H,2,7-8,21H2,1H3,(H,22,24)/t13?,14-,15?,16?,17?,18?,19?/m1/s1. The first-order valence-corrected chi connectivity index (χ1v) is 10.2. The Morgan fingerprint density at radius 1 is 1.32 bits per heavy atom. The highest BCUT2D eigenvalue weighted by Crippen LogP contribution is 2.50. The highest BCUT2D eigenvalue weighted by molar-refractivity contribution is 8.03. The summed E-state index contributed by atoms with van der Waals surface area (Å²) in [5, 5.41) is 16.0. The van der Waals surface area contributed by atoms with Gasteiger partial charge in [-0.1, -0.05) is 37.3 Å². The molecule has 25 heavy (non-hydrogen) atoms.